The zero-order valence-electron chi connectivity index (χ0n) is 18.2. The number of aryl methyl sites for hydroxylation is 1. The van der Waals surface area contributed by atoms with E-state index in [1.165, 1.54) is 27.2 Å². The van der Waals surface area contributed by atoms with Crippen molar-refractivity contribution in [2.45, 2.75) is 19.2 Å². The SMILES string of the molecule is CC(OC(=O)/C=C/c1cn(C)c(=O)n(C)c1=O)C(=O)N1CC(=O)Nc2cc(C(F)(F)F)ccc21. The van der Waals surface area contributed by atoms with E-state index in [2.05, 4.69) is 5.32 Å². The van der Waals surface area contributed by atoms with Gasteiger partial charge in [0.25, 0.3) is 11.5 Å². The highest BCUT2D eigenvalue weighted by Crippen LogP contribution is 2.37. The molecule has 1 aliphatic rings. The van der Waals surface area contributed by atoms with Gasteiger partial charge in [0.2, 0.25) is 5.91 Å². The minimum absolute atomic E-state index is 0.0163. The highest BCUT2D eigenvalue weighted by atomic mass is 19.4. The second kappa shape index (κ2) is 9.00. The monoisotopic (exact) mass is 480 g/mol. The number of halogens is 3. The number of aromatic nitrogens is 2. The van der Waals surface area contributed by atoms with E-state index in [4.69, 9.17) is 4.74 Å². The molecule has 34 heavy (non-hydrogen) atoms. The number of alkyl halides is 3. The lowest BCUT2D eigenvalue weighted by Crippen LogP contribution is -2.47. The standard InChI is InChI=1S/C21H19F3N4O6/c1-11(34-17(30)7-4-12-9-26(2)20(33)27(3)19(12)32)18(31)28-10-16(29)25-14-8-13(21(22,23)24)5-6-15(14)28/h4-9,11H,10H2,1-3H3,(H,25,29)/b7-4+. The molecule has 1 aliphatic heterocycles. The molecule has 13 heteroatoms. The van der Waals surface area contributed by atoms with E-state index in [0.29, 0.717) is 6.07 Å². The van der Waals surface area contributed by atoms with Gasteiger partial charge < -0.3 is 14.6 Å². The number of hydrogen-bond donors (Lipinski definition) is 1. The summed E-state index contributed by atoms with van der Waals surface area (Å²) in [6, 6.07) is 2.52. The number of amides is 2. The van der Waals surface area contributed by atoms with Crippen molar-refractivity contribution in [3.8, 4) is 0 Å². The lowest BCUT2D eigenvalue weighted by molar-refractivity contribution is -0.149. The Balaban J connectivity index is 1.77. The number of carbonyl (C=O) groups is 3. The molecule has 2 amide bonds. The van der Waals surface area contributed by atoms with Gasteiger partial charge in [-0.05, 0) is 31.2 Å². The average Bonchev–Trinajstić information content (AvgIpc) is 2.76. The van der Waals surface area contributed by atoms with Crippen LogP contribution in [0.25, 0.3) is 6.08 Å². The molecule has 0 spiro atoms. The molecule has 0 bridgehead atoms. The zero-order valence-corrected chi connectivity index (χ0v) is 18.2. The Bertz CT molecular complexity index is 1330. The van der Waals surface area contributed by atoms with E-state index < -0.39 is 53.4 Å². The number of fused-ring (bicyclic) bond motifs is 1. The molecule has 0 fully saturated rings. The molecule has 1 N–H and O–H groups in total. The van der Waals surface area contributed by atoms with Crippen molar-refractivity contribution in [2.24, 2.45) is 14.1 Å². The van der Waals surface area contributed by atoms with Gasteiger partial charge in [0.05, 0.1) is 22.5 Å². The van der Waals surface area contributed by atoms with Crippen molar-refractivity contribution in [3.05, 3.63) is 62.4 Å². The van der Waals surface area contributed by atoms with Crippen LogP contribution in [-0.2, 0) is 39.4 Å². The second-order valence-electron chi connectivity index (χ2n) is 7.46. The van der Waals surface area contributed by atoms with Gasteiger partial charge in [0.15, 0.2) is 6.10 Å². The van der Waals surface area contributed by atoms with Crippen LogP contribution in [0.4, 0.5) is 24.5 Å². The number of anilines is 2. The minimum Gasteiger partial charge on any atom is -0.449 e. The minimum atomic E-state index is -4.65. The van der Waals surface area contributed by atoms with Crippen molar-refractivity contribution in [1.29, 1.82) is 0 Å². The molecule has 0 radical (unpaired) electrons. The van der Waals surface area contributed by atoms with Gasteiger partial charge in [0.1, 0.15) is 6.54 Å². The number of esters is 1. The molecule has 2 heterocycles. The van der Waals surface area contributed by atoms with Crippen molar-refractivity contribution in [3.63, 3.8) is 0 Å². The van der Waals surface area contributed by atoms with Gasteiger partial charge in [0, 0.05) is 26.4 Å². The molecule has 180 valence electrons. The number of hydrogen-bond acceptors (Lipinski definition) is 6. The first kappa shape index (κ1) is 24.5. The summed E-state index contributed by atoms with van der Waals surface area (Å²) in [6.45, 7) is 0.749. The molecule has 0 aliphatic carbocycles. The van der Waals surface area contributed by atoms with E-state index in [0.717, 1.165) is 38.3 Å². The predicted octanol–water partition coefficient (Wildman–Crippen LogP) is 1.03. The summed E-state index contributed by atoms with van der Waals surface area (Å²) in [5, 5.41) is 2.29. The van der Waals surface area contributed by atoms with Crippen molar-refractivity contribution >= 4 is 35.2 Å². The van der Waals surface area contributed by atoms with Gasteiger partial charge >= 0.3 is 17.8 Å². The first-order valence-corrected chi connectivity index (χ1v) is 9.77. The maximum Gasteiger partial charge on any atom is 0.416 e. The van der Waals surface area contributed by atoms with Crippen molar-refractivity contribution < 1.29 is 32.3 Å². The Labute approximate surface area is 189 Å². The lowest BCUT2D eigenvalue weighted by Gasteiger charge is -2.31. The fraction of sp³-hybridized carbons (Fsp3) is 0.286. The highest BCUT2D eigenvalue weighted by Gasteiger charge is 2.35. The maximum absolute atomic E-state index is 13.0. The largest absolute Gasteiger partial charge is 0.449 e. The van der Waals surface area contributed by atoms with E-state index in [1.54, 1.807) is 0 Å². The third kappa shape index (κ3) is 4.92. The van der Waals surface area contributed by atoms with Crippen molar-refractivity contribution in [2.75, 3.05) is 16.8 Å². The van der Waals surface area contributed by atoms with Crippen LogP contribution in [0.3, 0.4) is 0 Å². The van der Waals surface area contributed by atoms with Crippen LogP contribution < -0.4 is 21.5 Å². The van der Waals surface area contributed by atoms with Gasteiger partial charge in [-0.25, -0.2) is 9.59 Å². The molecule has 2 aromatic rings. The lowest BCUT2D eigenvalue weighted by atomic mass is 10.1. The van der Waals surface area contributed by atoms with Crippen LogP contribution in [0.1, 0.15) is 18.1 Å². The van der Waals surface area contributed by atoms with Crippen LogP contribution >= 0.6 is 0 Å². The highest BCUT2D eigenvalue weighted by molar-refractivity contribution is 6.11. The Kier molecular flexibility index (Phi) is 6.48. The average molecular weight is 480 g/mol. The summed E-state index contributed by atoms with van der Waals surface area (Å²) in [5.41, 5.74) is -2.38. The normalized spacial score (nSPS) is 14.5. The summed E-state index contributed by atoms with van der Waals surface area (Å²) in [7, 11) is 2.69. The van der Waals surface area contributed by atoms with E-state index in [1.807, 2.05) is 0 Å². The molecular weight excluding hydrogens is 461 g/mol. The third-order valence-corrected chi connectivity index (χ3v) is 4.97. The van der Waals surface area contributed by atoms with Crippen LogP contribution in [0, 0.1) is 0 Å². The number of benzene rings is 1. The van der Waals surface area contributed by atoms with Crippen molar-refractivity contribution in [1.82, 2.24) is 9.13 Å². The Morgan fingerprint density at radius 1 is 1.18 bits per heavy atom. The number of rotatable bonds is 4. The van der Waals surface area contributed by atoms with Crippen LogP contribution in [0.15, 0.2) is 40.1 Å². The number of ether oxygens (including phenoxy) is 1. The van der Waals surface area contributed by atoms with Crippen LogP contribution in [0.5, 0.6) is 0 Å². The topological polar surface area (TPSA) is 120 Å². The third-order valence-electron chi connectivity index (χ3n) is 4.97. The molecule has 0 saturated carbocycles. The summed E-state index contributed by atoms with van der Waals surface area (Å²) in [5.74, 6) is -2.55. The molecule has 10 nitrogen and oxygen atoms in total. The molecule has 1 unspecified atom stereocenters. The molecule has 3 rings (SSSR count). The van der Waals surface area contributed by atoms with Gasteiger partial charge in [-0.15, -0.1) is 0 Å². The fourth-order valence-corrected chi connectivity index (χ4v) is 3.25. The molecule has 1 aromatic heterocycles. The number of nitrogens with zero attached hydrogens (tertiary/aromatic N) is 3. The van der Waals surface area contributed by atoms with Crippen LogP contribution in [-0.4, -0.2) is 39.6 Å². The fourth-order valence-electron chi connectivity index (χ4n) is 3.25. The molecular formula is C21H19F3N4O6. The van der Waals surface area contributed by atoms with E-state index in [9.17, 15) is 37.1 Å². The first-order valence-electron chi connectivity index (χ1n) is 9.77. The summed E-state index contributed by atoms with van der Waals surface area (Å²) >= 11 is 0. The van der Waals surface area contributed by atoms with Gasteiger partial charge in [-0.2, -0.15) is 13.2 Å². The smallest absolute Gasteiger partial charge is 0.416 e. The Morgan fingerprint density at radius 2 is 1.85 bits per heavy atom. The first-order chi connectivity index (χ1) is 15.8. The van der Waals surface area contributed by atoms with E-state index >= 15 is 0 Å². The number of carbonyl (C=O) groups excluding carboxylic acids is 3. The second-order valence-corrected chi connectivity index (χ2v) is 7.46. The summed E-state index contributed by atoms with van der Waals surface area (Å²) < 4.78 is 45.9. The van der Waals surface area contributed by atoms with Gasteiger partial charge in [-0.1, -0.05) is 0 Å². The van der Waals surface area contributed by atoms with Gasteiger partial charge in [-0.3, -0.25) is 23.9 Å². The summed E-state index contributed by atoms with van der Waals surface area (Å²) in [4.78, 5) is 61.7. The predicted molar refractivity (Wildman–Crippen MR) is 114 cm³/mol. The quantitative estimate of drug-likeness (QED) is 0.516. The molecule has 0 saturated heterocycles. The van der Waals surface area contributed by atoms with E-state index in [-0.39, 0.29) is 16.9 Å². The Hall–Kier alpha value is -4.16. The number of nitrogens with one attached hydrogen (secondary N) is 1. The molecule has 1 aromatic carbocycles. The zero-order chi connectivity index (χ0) is 25.4. The van der Waals surface area contributed by atoms with Crippen LogP contribution in [0.2, 0.25) is 0 Å². The molecule has 1 atom stereocenters. The maximum atomic E-state index is 13.0. The Morgan fingerprint density at radius 3 is 2.50 bits per heavy atom. The summed E-state index contributed by atoms with van der Waals surface area (Å²) in [6.07, 6.45) is -2.82.